The summed E-state index contributed by atoms with van der Waals surface area (Å²) < 4.78 is 13.1. The zero-order valence-electron chi connectivity index (χ0n) is 10.5. The molecule has 0 unspecified atom stereocenters. The molecule has 1 aromatic rings. The van der Waals surface area contributed by atoms with Crippen LogP contribution >= 0.6 is 0 Å². The molecule has 1 aliphatic heterocycles. The van der Waals surface area contributed by atoms with Crippen LogP contribution in [0.15, 0.2) is 18.2 Å². The minimum atomic E-state index is -0.276. The maximum atomic E-state index is 13.1. The number of aliphatic hydroxyl groups is 1. The van der Waals surface area contributed by atoms with Gasteiger partial charge < -0.3 is 10.0 Å². The highest BCUT2D eigenvalue weighted by Crippen LogP contribution is 2.14. The van der Waals surface area contributed by atoms with Crippen molar-refractivity contribution >= 4 is 5.91 Å². The van der Waals surface area contributed by atoms with E-state index in [-0.39, 0.29) is 17.8 Å². The highest BCUT2D eigenvalue weighted by molar-refractivity contribution is 5.78. The molecule has 3 nitrogen and oxygen atoms in total. The number of piperidine rings is 1. The Morgan fingerprint density at radius 3 is 2.72 bits per heavy atom. The normalized spacial score (nSPS) is 16.9. The fourth-order valence-corrected chi connectivity index (χ4v) is 2.22. The van der Waals surface area contributed by atoms with E-state index in [1.54, 1.807) is 24.0 Å². The monoisotopic (exact) mass is 251 g/mol. The van der Waals surface area contributed by atoms with Crippen LogP contribution in [0.3, 0.4) is 0 Å². The lowest BCUT2D eigenvalue weighted by Gasteiger charge is -2.29. The Bertz CT molecular complexity index is 439. The van der Waals surface area contributed by atoms with Gasteiger partial charge in [-0.05, 0) is 37.0 Å². The molecule has 0 bridgehead atoms. The van der Waals surface area contributed by atoms with Gasteiger partial charge in [-0.1, -0.05) is 12.1 Å². The number of carbonyl (C=O) groups excluding carboxylic acids is 1. The second kappa shape index (κ2) is 5.48. The van der Waals surface area contributed by atoms with Crippen molar-refractivity contribution < 1.29 is 14.3 Å². The first-order valence-corrected chi connectivity index (χ1v) is 6.27. The van der Waals surface area contributed by atoms with E-state index in [1.165, 1.54) is 6.07 Å². The van der Waals surface area contributed by atoms with E-state index in [4.69, 9.17) is 0 Å². The zero-order valence-corrected chi connectivity index (χ0v) is 10.5. The summed E-state index contributed by atoms with van der Waals surface area (Å²) in [5.74, 6) is -0.194. The number of halogens is 1. The molecular weight excluding hydrogens is 233 g/mol. The van der Waals surface area contributed by atoms with E-state index in [1.807, 2.05) is 0 Å². The van der Waals surface area contributed by atoms with E-state index in [0.29, 0.717) is 37.9 Å². The Labute approximate surface area is 106 Å². The molecule has 1 heterocycles. The largest absolute Gasteiger partial charge is 0.393 e. The van der Waals surface area contributed by atoms with E-state index in [9.17, 15) is 14.3 Å². The van der Waals surface area contributed by atoms with Crippen molar-refractivity contribution in [2.75, 3.05) is 13.1 Å². The number of nitrogens with zero attached hydrogens (tertiary/aromatic N) is 1. The molecule has 2 rings (SSSR count). The SMILES string of the molecule is Cc1cc(CC(=O)N2CCC(O)CC2)ccc1F. The van der Waals surface area contributed by atoms with Gasteiger partial charge in [-0.2, -0.15) is 0 Å². The molecule has 1 fully saturated rings. The predicted molar refractivity (Wildman–Crippen MR) is 66.7 cm³/mol. The lowest BCUT2D eigenvalue weighted by molar-refractivity contribution is -0.132. The van der Waals surface area contributed by atoms with Crippen molar-refractivity contribution in [1.29, 1.82) is 0 Å². The van der Waals surface area contributed by atoms with Crippen LogP contribution in [0.4, 0.5) is 4.39 Å². The number of hydrogen-bond acceptors (Lipinski definition) is 2. The third-order valence-corrected chi connectivity index (χ3v) is 3.39. The van der Waals surface area contributed by atoms with Gasteiger partial charge in [0.25, 0.3) is 0 Å². The summed E-state index contributed by atoms with van der Waals surface area (Å²) >= 11 is 0. The van der Waals surface area contributed by atoms with Crippen LogP contribution < -0.4 is 0 Å². The predicted octanol–water partition coefficient (Wildman–Crippen LogP) is 1.66. The molecule has 0 radical (unpaired) electrons. The third kappa shape index (κ3) is 3.07. The first-order chi connectivity index (χ1) is 8.56. The molecule has 1 aliphatic rings. The topological polar surface area (TPSA) is 40.5 Å². The summed E-state index contributed by atoms with van der Waals surface area (Å²) in [6.07, 6.45) is 1.32. The molecular formula is C14H18FNO2. The molecule has 98 valence electrons. The zero-order chi connectivity index (χ0) is 13.1. The third-order valence-electron chi connectivity index (χ3n) is 3.39. The second-order valence-corrected chi connectivity index (χ2v) is 4.87. The Morgan fingerprint density at radius 2 is 2.11 bits per heavy atom. The van der Waals surface area contributed by atoms with Crippen LogP contribution in [-0.2, 0) is 11.2 Å². The first kappa shape index (κ1) is 13.0. The van der Waals surface area contributed by atoms with E-state index >= 15 is 0 Å². The van der Waals surface area contributed by atoms with Crippen molar-refractivity contribution in [1.82, 2.24) is 4.90 Å². The Kier molecular flexibility index (Phi) is 3.97. The number of likely N-dealkylation sites (tertiary alicyclic amines) is 1. The lowest BCUT2D eigenvalue weighted by atomic mass is 10.0. The molecule has 0 aliphatic carbocycles. The van der Waals surface area contributed by atoms with Crippen LogP contribution in [0.1, 0.15) is 24.0 Å². The molecule has 0 aromatic heterocycles. The number of carbonyl (C=O) groups is 1. The summed E-state index contributed by atoms with van der Waals surface area (Å²) in [5, 5.41) is 9.39. The number of rotatable bonds is 2. The molecule has 0 spiro atoms. The highest BCUT2D eigenvalue weighted by atomic mass is 19.1. The van der Waals surface area contributed by atoms with Crippen LogP contribution in [0.25, 0.3) is 0 Å². The fourth-order valence-electron chi connectivity index (χ4n) is 2.22. The van der Waals surface area contributed by atoms with E-state index < -0.39 is 0 Å². The quantitative estimate of drug-likeness (QED) is 0.868. The number of aliphatic hydroxyl groups excluding tert-OH is 1. The van der Waals surface area contributed by atoms with E-state index in [0.717, 1.165) is 5.56 Å². The van der Waals surface area contributed by atoms with Gasteiger partial charge in [0.1, 0.15) is 5.82 Å². The van der Waals surface area contributed by atoms with Crippen molar-refractivity contribution in [2.24, 2.45) is 0 Å². The first-order valence-electron chi connectivity index (χ1n) is 6.27. The van der Waals surface area contributed by atoms with Gasteiger partial charge in [0.05, 0.1) is 12.5 Å². The Hall–Kier alpha value is -1.42. The Balaban J connectivity index is 1.96. The van der Waals surface area contributed by atoms with Gasteiger partial charge in [0, 0.05) is 13.1 Å². The van der Waals surface area contributed by atoms with Gasteiger partial charge >= 0.3 is 0 Å². The average molecular weight is 251 g/mol. The smallest absolute Gasteiger partial charge is 0.226 e. The maximum absolute atomic E-state index is 13.1. The fraction of sp³-hybridized carbons (Fsp3) is 0.500. The van der Waals surface area contributed by atoms with Crippen LogP contribution in [-0.4, -0.2) is 35.1 Å². The average Bonchev–Trinajstić information content (AvgIpc) is 2.34. The minimum absolute atomic E-state index is 0.0490. The summed E-state index contributed by atoms with van der Waals surface area (Å²) in [6, 6.07) is 4.77. The van der Waals surface area contributed by atoms with Crippen molar-refractivity contribution in [3.63, 3.8) is 0 Å². The summed E-state index contributed by atoms with van der Waals surface area (Å²) in [6.45, 7) is 2.92. The number of hydrogen-bond donors (Lipinski definition) is 1. The van der Waals surface area contributed by atoms with Gasteiger partial charge in [0.15, 0.2) is 0 Å². The van der Waals surface area contributed by atoms with Crippen LogP contribution in [0.2, 0.25) is 0 Å². The van der Waals surface area contributed by atoms with Crippen molar-refractivity contribution in [3.05, 3.63) is 35.1 Å². The number of amides is 1. The standard InChI is InChI=1S/C14H18FNO2/c1-10-8-11(2-3-13(10)15)9-14(18)16-6-4-12(17)5-7-16/h2-3,8,12,17H,4-7,9H2,1H3. The molecule has 1 saturated heterocycles. The Morgan fingerprint density at radius 1 is 1.44 bits per heavy atom. The van der Waals surface area contributed by atoms with Gasteiger partial charge in [-0.15, -0.1) is 0 Å². The van der Waals surface area contributed by atoms with Gasteiger partial charge in [-0.3, -0.25) is 4.79 Å². The molecule has 0 saturated carbocycles. The van der Waals surface area contributed by atoms with Gasteiger partial charge in [-0.25, -0.2) is 4.39 Å². The maximum Gasteiger partial charge on any atom is 0.226 e. The molecule has 1 amide bonds. The minimum Gasteiger partial charge on any atom is -0.393 e. The summed E-state index contributed by atoms with van der Waals surface area (Å²) in [4.78, 5) is 13.8. The van der Waals surface area contributed by atoms with Crippen LogP contribution in [0.5, 0.6) is 0 Å². The molecule has 18 heavy (non-hydrogen) atoms. The molecule has 4 heteroatoms. The van der Waals surface area contributed by atoms with Crippen LogP contribution in [0, 0.1) is 12.7 Å². The molecule has 0 atom stereocenters. The van der Waals surface area contributed by atoms with Crippen molar-refractivity contribution in [2.45, 2.75) is 32.3 Å². The lowest BCUT2D eigenvalue weighted by Crippen LogP contribution is -2.40. The number of aryl methyl sites for hydroxylation is 1. The second-order valence-electron chi connectivity index (χ2n) is 4.87. The summed E-state index contributed by atoms with van der Waals surface area (Å²) in [5.41, 5.74) is 1.40. The highest BCUT2D eigenvalue weighted by Gasteiger charge is 2.21. The summed E-state index contributed by atoms with van der Waals surface area (Å²) in [7, 11) is 0. The molecule has 1 aromatic carbocycles. The number of benzene rings is 1. The van der Waals surface area contributed by atoms with Gasteiger partial charge in [0.2, 0.25) is 5.91 Å². The van der Waals surface area contributed by atoms with E-state index in [2.05, 4.69) is 0 Å². The molecule has 1 N–H and O–H groups in total. The van der Waals surface area contributed by atoms with Crippen molar-refractivity contribution in [3.8, 4) is 0 Å².